The predicted octanol–water partition coefficient (Wildman–Crippen LogP) is 2.91. The van der Waals surface area contributed by atoms with Crippen LogP contribution in [0.2, 0.25) is 10.0 Å². The van der Waals surface area contributed by atoms with Crippen LogP contribution in [-0.4, -0.2) is 20.3 Å². The van der Waals surface area contributed by atoms with Crippen LogP contribution < -0.4 is 14.2 Å². The molecular formula is C14H11Cl2NO5S. The third-order valence-corrected chi connectivity index (χ3v) is 5.11. The molecule has 2 aromatic carbocycles. The van der Waals surface area contributed by atoms with Crippen molar-refractivity contribution in [3.8, 4) is 17.2 Å². The summed E-state index contributed by atoms with van der Waals surface area (Å²) < 4.78 is 37.4. The highest BCUT2D eigenvalue weighted by molar-refractivity contribution is 7.89. The fourth-order valence-electron chi connectivity index (χ4n) is 2.05. The molecule has 2 aromatic rings. The van der Waals surface area contributed by atoms with Crippen LogP contribution in [0.1, 0.15) is 5.56 Å². The van der Waals surface area contributed by atoms with Gasteiger partial charge in [0.15, 0.2) is 17.2 Å². The molecule has 9 heteroatoms. The number of fused-ring (bicyclic) bond motifs is 1. The number of rotatable bonds is 4. The minimum atomic E-state index is -3.99. The van der Waals surface area contributed by atoms with Crippen molar-refractivity contribution in [3.05, 3.63) is 45.9 Å². The van der Waals surface area contributed by atoms with Crippen molar-refractivity contribution in [1.29, 1.82) is 0 Å². The standard InChI is InChI=1S/C14H11Cl2NO5S/c15-9-4-10(16)14(18)13(5-9)23(19,20)17-6-8-1-2-11-12(3-8)22-7-21-11/h1-5,17-18H,6-7H2. The normalized spacial score (nSPS) is 13.3. The van der Waals surface area contributed by atoms with Gasteiger partial charge < -0.3 is 14.6 Å². The number of nitrogens with one attached hydrogen (secondary N) is 1. The summed E-state index contributed by atoms with van der Waals surface area (Å²) in [7, 11) is -3.99. The summed E-state index contributed by atoms with van der Waals surface area (Å²) in [4.78, 5) is -0.379. The number of benzene rings is 2. The zero-order valence-corrected chi connectivity index (χ0v) is 13.9. The van der Waals surface area contributed by atoms with Gasteiger partial charge in [0, 0.05) is 11.6 Å². The molecule has 0 aromatic heterocycles. The van der Waals surface area contributed by atoms with Crippen molar-refractivity contribution in [3.63, 3.8) is 0 Å². The lowest BCUT2D eigenvalue weighted by Gasteiger charge is -2.10. The van der Waals surface area contributed by atoms with Gasteiger partial charge in [0.05, 0.1) is 5.02 Å². The topological polar surface area (TPSA) is 84.9 Å². The number of aromatic hydroxyl groups is 1. The average Bonchev–Trinajstić information content (AvgIpc) is 2.96. The zero-order valence-electron chi connectivity index (χ0n) is 11.5. The smallest absolute Gasteiger partial charge is 0.244 e. The van der Waals surface area contributed by atoms with E-state index >= 15 is 0 Å². The van der Waals surface area contributed by atoms with Crippen LogP contribution in [0.4, 0.5) is 0 Å². The average molecular weight is 376 g/mol. The number of sulfonamides is 1. The lowest BCUT2D eigenvalue weighted by Crippen LogP contribution is -2.23. The molecule has 122 valence electrons. The van der Waals surface area contributed by atoms with Gasteiger partial charge in [0.25, 0.3) is 0 Å². The Hall–Kier alpha value is -1.67. The minimum Gasteiger partial charge on any atom is -0.505 e. The number of halogens is 2. The molecule has 2 N–H and O–H groups in total. The molecule has 0 aliphatic carbocycles. The molecule has 0 saturated carbocycles. The van der Waals surface area contributed by atoms with Gasteiger partial charge in [0.1, 0.15) is 4.90 Å². The van der Waals surface area contributed by atoms with Crippen molar-refractivity contribution in [1.82, 2.24) is 4.72 Å². The van der Waals surface area contributed by atoms with E-state index in [0.29, 0.717) is 17.1 Å². The maximum Gasteiger partial charge on any atom is 0.244 e. The Labute approximate surface area is 142 Å². The highest BCUT2D eigenvalue weighted by Crippen LogP contribution is 2.35. The highest BCUT2D eigenvalue weighted by Gasteiger charge is 2.22. The fraction of sp³-hybridized carbons (Fsp3) is 0.143. The minimum absolute atomic E-state index is 0.00253. The van der Waals surface area contributed by atoms with Crippen LogP contribution in [-0.2, 0) is 16.6 Å². The summed E-state index contributed by atoms with van der Waals surface area (Å²) >= 11 is 11.5. The van der Waals surface area contributed by atoms with Gasteiger partial charge in [-0.25, -0.2) is 13.1 Å². The van der Waals surface area contributed by atoms with Gasteiger partial charge in [0.2, 0.25) is 16.8 Å². The van der Waals surface area contributed by atoms with E-state index in [0.717, 1.165) is 6.07 Å². The van der Waals surface area contributed by atoms with Gasteiger partial charge in [-0.15, -0.1) is 0 Å². The van der Waals surface area contributed by atoms with Crippen molar-refractivity contribution < 1.29 is 23.0 Å². The van der Waals surface area contributed by atoms with E-state index in [2.05, 4.69) is 4.72 Å². The Morgan fingerprint density at radius 2 is 1.87 bits per heavy atom. The molecule has 1 heterocycles. The second-order valence-corrected chi connectivity index (χ2v) is 7.33. The summed E-state index contributed by atoms with van der Waals surface area (Å²) in [5.74, 6) is 0.612. The first-order valence-corrected chi connectivity index (χ1v) is 8.67. The molecular weight excluding hydrogens is 365 g/mol. The van der Waals surface area contributed by atoms with Crippen molar-refractivity contribution >= 4 is 33.2 Å². The highest BCUT2D eigenvalue weighted by atomic mass is 35.5. The summed E-state index contributed by atoms with van der Waals surface area (Å²) in [5, 5.41) is 9.81. The molecule has 0 fully saturated rings. The largest absolute Gasteiger partial charge is 0.505 e. The quantitative estimate of drug-likeness (QED) is 0.857. The summed E-state index contributed by atoms with van der Waals surface area (Å²) in [6.07, 6.45) is 0. The molecule has 0 spiro atoms. The summed E-state index contributed by atoms with van der Waals surface area (Å²) in [5.41, 5.74) is 0.672. The van der Waals surface area contributed by atoms with Crippen LogP contribution in [0.3, 0.4) is 0 Å². The molecule has 0 saturated heterocycles. The first kappa shape index (κ1) is 16.2. The zero-order chi connectivity index (χ0) is 16.6. The Bertz CT molecular complexity index is 870. The molecule has 1 aliphatic heterocycles. The van der Waals surface area contributed by atoms with E-state index < -0.39 is 15.8 Å². The third-order valence-electron chi connectivity index (χ3n) is 3.19. The number of hydrogen-bond donors (Lipinski definition) is 2. The molecule has 23 heavy (non-hydrogen) atoms. The lowest BCUT2D eigenvalue weighted by molar-refractivity contribution is 0.174. The van der Waals surface area contributed by atoms with Gasteiger partial charge in [-0.2, -0.15) is 0 Å². The van der Waals surface area contributed by atoms with Crippen LogP contribution >= 0.6 is 23.2 Å². The van der Waals surface area contributed by atoms with Gasteiger partial charge in [-0.1, -0.05) is 29.3 Å². The van der Waals surface area contributed by atoms with Gasteiger partial charge in [-0.05, 0) is 29.8 Å². The number of ether oxygens (including phenoxy) is 2. The van der Waals surface area contributed by atoms with Crippen LogP contribution in [0, 0.1) is 0 Å². The maximum absolute atomic E-state index is 12.3. The summed E-state index contributed by atoms with van der Waals surface area (Å²) in [6.45, 7) is 0.141. The molecule has 0 atom stereocenters. The second-order valence-electron chi connectivity index (χ2n) is 4.75. The lowest BCUT2D eigenvalue weighted by atomic mass is 10.2. The molecule has 0 radical (unpaired) electrons. The fourth-order valence-corrected chi connectivity index (χ4v) is 3.83. The Balaban J connectivity index is 1.82. The van der Waals surface area contributed by atoms with Crippen LogP contribution in [0.15, 0.2) is 35.2 Å². The Morgan fingerprint density at radius 1 is 1.13 bits per heavy atom. The van der Waals surface area contributed by atoms with Crippen LogP contribution in [0.25, 0.3) is 0 Å². The van der Waals surface area contributed by atoms with E-state index in [9.17, 15) is 13.5 Å². The SMILES string of the molecule is O=S(=O)(NCc1ccc2c(c1)OCO2)c1cc(Cl)cc(Cl)c1O. The number of phenolic OH excluding ortho intramolecular Hbond substituents is 1. The van der Waals surface area contributed by atoms with Crippen molar-refractivity contribution in [2.24, 2.45) is 0 Å². The van der Waals surface area contributed by atoms with Crippen molar-refractivity contribution in [2.75, 3.05) is 6.79 Å². The molecule has 1 aliphatic rings. The predicted molar refractivity (Wildman–Crippen MR) is 84.7 cm³/mol. The van der Waals surface area contributed by atoms with Gasteiger partial charge >= 0.3 is 0 Å². The molecule has 3 rings (SSSR count). The Kier molecular flexibility index (Phi) is 4.29. The van der Waals surface area contributed by atoms with Crippen LogP contribution in [0.5, 0.6) is 17.2 Å². The van der Waals surface area contributed by atoms with E-state index in [1.807, 2.05) is 0 Å². The second kappa shape index (κ2) is 6.09. The molecule has 6 nitrogen and oxygen atoms in total. The first-order chi connectivity index (χ1) is 10.9. The van der Waals surface area contributed by atoms with E-state index in [1.54, 1.807) is 18.2 Å². The van der Waals surface area contributed by atoms with E-state index in [1.165, 1.54) is 6.07 Å². The third kappa shape index (κ3) is 3.32. The molecule has 0 unspecified atom stereocenters. The van der Waals surface area contributed by atoms with Gasteiger partial charge in [-0.3, -0.25) is 0 Å². The number of hydrogen-bond acceptors (Lipinski definition) is 5. The van der Waals surface area contributed by atoms with Crippen molar-refractivity contribution in [2.45, 2.75) is 11.4 Å². The first-order valence-electron chi connectivity index (χ1n) is 6.43. The molecule has 0 bridgehead atoms. The van der Waals surface area contributed by atoms with E-state index in [4.69, 9.17) is 32.7 Å². The maximum atomic E-state index is 12.3. The monoisotopic (exact) mass is 375 g/mol. The van der Waals surface area contributed by atoms with E-state index in [-0.39, 0.29) is 28.3 Å². The Morgan fingerprint density at radius 3 is 2.65 bits per heavy atom. The number of phenols is 1. The summed E-state index contributed by atoms with van der Waals surface area (Å²) in [6, 6.07) is 7.47. The molecule has 0 amide bonds.